The Balaban J connectivity index is 2.17. The maximum atomic E-state index is 11.7. The van der Waals surface area contributed by atoms with E-state index in [0.29, 0.717) is 17.1 Å². The van der Waals surface area contributed by atoms with Crippen LogP contribution in [0.25, 0.3) is 0 Å². The van der Waals surface area contributed by atoms with Crippen LogP contribution in [-0.2, 0) is 6.54 Å². The van der Waals surface area contributed by atoms with Gasteiger partial charge in [0.1, 0.15) is 0 Å². The first-order chi connectivity index (χ1) is 10.0. The van der Waals surface area contributed by atoms with E-state index in [0.717, 1.165) is 5.69 Å². The SMILES string of the molecule is CNC(=O)c1cc(NCc2cccc(C)c2C)ccc1Cl. The van der Waals surface area contributed by atoms with E-state index in [1.165, 1.54) is 16.7 Å². The first-order valence-corrected chi connectivity index (χ1v) is 7.21. The van der Waals surface area contributed by atoms with Crippen LogP contribution in [0.1, 0.15) is 27.0 Å². The highest BCUT2D eigenvalue weighted by atomic mass is 35.5. The van der Waals surface area contributed by atoms with Crippen molar-refractivity contribution in [1.29, 1.82) is 0 Å². The van der Waals surface area contributed by atoms with Gasteiger partial charge < -0.3 is 10.6 Å². The average Bonchev–Trinajstić information content (AvgIpc) is 2.49. The molecular formula is C17H19ClN2O. The summed E-state index contributed by atoms with van der Waals surface area (Å²) in [4.78, 5) is 11.7. The van der Waals surface area contributed by atoms with E-state index < -0.39 is 0 Å². The normalized spacial score (nSPS) is 10.3. The second-order valence-corrected chi connectivity index (χ2v) is 5.39. The second-order valence-electron chi connectivity index (χ2n) is 4.99. The van der Waals surface area contributed by atoms with Gasteiger partial charge in [-0.2, -0.15) is 0 Å². The number of carbonyl (C=O) groups is 1. The molecule has 0 atom stereocenters. The van der Waals surface area contributed by atoms with E-state index in [-0.39, 0.29) is 5.91 Å². The van der Waals surface area contributed by atoms with Gasteiger partial charge in [0, 0.05) is 19.3 Å². The van der Waals surface area contributed by atoms with E-state index in [4.69, 9.17) is 11.6 Å². The number of carbonyl (C=O) groups excluding carboxylic acids is 1. The number of aryl methyl sites for hydroxylation is 1. The molecule has 3 nitrogen and oxygen atoms in total. The molecule has 2 N–H and O–H groups in total. The van der Waals surface area contributed by atoms with Crippen molar-refractivity contribution < 1.29 is 4.79 Å². The first kappa shape index (κ1) is 15.4. The van der Waals surface area contributed by atoms with Crippen LogP contribution in [0.3, 0.4) is 0 Å². The third-order valence-electron chi connectivity index (χ3n) is 3.64. The molecule has 0 fully saturated rings. The molecular weight excluding hydrogens is 284 g/mol. The smallest absolute Gasteiger partial charge is 0.252 e. The summed E-state index contributed by atoms with van der Waals surface area (Å²) in [5, 5.41) is 6.38. The van der Waals surface area contributed by atoms with Crippen molar-refractivity contribution in [3.63, 3.8) is 0 Å². The van der Waals surface area contributed by atoms with Crippen molar-refractivity contribution in [2.24, 2.45) is 0 Å². The van der Waals surface area contributed by atoms with Gasteiger partial charge in [-0.25, -0.2) is 0 Å². The number of benzene rings is 2. The number of nitrogens with one attached hydrogen (secondary N) is 2. The Labute approximate surface area is 130 Å². The summed E-state index contributed by atoms with van der Waals surface area (Å²) in [6.45, 7) is 4.93. The van der Waals surface area contributed by atoms with Crippen molar-refractivity contribution in [1.82, 2.24) is 5.32 Å². The fourth-order valence-electron chi connectivity index (χ4n) is 2.14. The molecule has 0 saturated heterocycles. The van der Waals surface area contributed by atoms with Crippen LogP contribution in [0.4, 0.5) is 5.69 Å². The van der Waals surface area contributed by atoms with Crippen molar-refractivity contribution in [3.8, 4) is 0 Å². The van der Waals surface area contributed by atoms with Gasteiger partial charge in [-0.1, -0.05) is 29.8 Å². The first-order valence-electron chi connectivity index (χ1n) is 6.83. The van der Waals surface area contributed by atoms with Crippen LogP contribution in [0.5, 0.6) is 0 Å². The van der Waals surface area contributed by atoms with Crippen LogP contribution in [0.2, 0.25) is 5.02 Å². The predicted octanol–water partition coefficient (Wildman–Crippen LogP) is 3.93. The van der Waals surface area contributed by atoms with Crippen molar-refractivity contribution in [2.75, 3.05) is 12.4 Å². The third-order valence-corrected chi connectivity index (χ3v) is 3.97. The molecule has 1 amide bonds. The molecule has 4 heteroatoms. The lowest BCUT2D eigenvalue weighted by Crippen LogP contribution is -2.18. The summed E-state index contributed by atoms with van der Waals surface area (Å²) in [5.41, 5.74) is 5.15. The Morgan fingerprint density at radius 1 is 1.19 bits per heavy atom. The molecule has 2 aromatic carbocycles. The van der Waals surface area contributed by atoms with Crippen molar-refractivity contribution in [2.45, 2.75) is 20.4 Å². The summed E-state index contributed by atoms with van der Waals surface area (Å²) in [6, 6.07) is 11.6. The minimum Gasteiger partial charge on any atom is -0.381 e. The minimum atomic E-state index is -0.185. The zero-order chi connectivity index (χ0) is 15.4. The van der Waals surface area contributed by atoms with Gasteiger partial charge in [0.2, 0.25) is 0 Å². The number of rotatable bonds is 4. The van der Waals surface area contributed by atoms with E-state index in [2.05, 4.69) is 42.7 Å². The third kappa shape index (κ3) is 3.56. The minimum absolute atomic E-state index is 0.185. The van der Waals surface area contributed by atoms with E-state index in [1.54, 1.807) is 19.2 Å². The molecule has 2 rings (SSSR count). The van der Waals surface area contributed by atoms with Crippen LogP contribution < -0.4 is 10.6 Å². The van der Waals surface area contributed by atoms with Crippen molar-refractivity contribution >= 4 is 23.2 Å². The van der Waals surface area contributed by atoms with Gasteiger partial charge in [-0.3, -0.25) is 4.79 Å². The number of hydrogen-bond donors (Lipinski definition) is 2. The largest absolute Gasteiger partial charge is 0.381 e. The Hall–Kier alpha value is -2.00. The van der Waals surface area contributed by atoms with Crippen LogP contribution in [-0.4, -0.2) is 13.0 Å². The highest BCUT2D eigenvalue weighted by Crippen LogP contribution is 2.21. The zero-order valence-corrected chi connectivity index (χ0v) is 13.2. The van der Waals surface area contributed by atoms with Gasteiger partial charge in [-0.05, 0) is 48.7 Å². The van der Waals surface area contributed by atoms with E-state index >= 15 is 0 Å². The summed E-state index contributed by atoms with van der Waals surface area (Å²) in [7, 11) is 1.59. The molecule has 0 aliphatic heterocycles. The molecule has 21 heavy (non-hydrogen) atoms. The molecule has 0 aliphatic rings. The topological polar surface area (TPSA) is 41.1 Å². The molecule has 0 radical (unpaired) electrons. The van der Waals surface area contributed by atoms with Crippen LogP contribution in [0, 0.1) is 13.8 Å². The molecule has 2 aromatic rings. The number of hydrogen-bond acceptors (Lipinski definition) is 2. The maximum Gasteiger partial charge on any atom is 0.252 e. The number of amides is 1. The lowest BCUT2D eigenvalue weighted by atomic mass is 10.0. The highest BCUT2D eigenvalue weighted by molar-refractivity contribution is 6.34. The summed E-state index contributed by atoms with van der Waals surface area (Å²) < 4.78 is 0. The predicted molar refractivity (Wildman–Crippen MR) is 88.1 cm³/mol. The second kappa shape index (κ2) is 6.64. The molecule has 0 unspecified atom stereocenters. The Morgan fingerprint density at radius 2 is 1.95 bits per heavy atom. The quantitative estimate of drug-likeness (QED) is 0.898. The molecule has 0 bridgehead atoms. The highest BCUT2D eigenvalue weighted by Gasteiger charge is 2.09. The maximum absolute atomic E-state index is 11.7. The fourth-order valence-corrected chi connectivity index (χ4v) is 2.35. The molecule has 0 spiro atoms. The Bertz CT molecular complexity index is 668. The van der Waals surface area contributed by atoms with Gasteiger partial charge >= 0.3 is 0 Å². The van der Waals surface area contributed by atoms with E-state index in [9.17, 15) is 4.79 Å². The summed E-state index contributed by atoms with van der Waals surface area (Å²) in [6.07, 6.45) is 0. The number of halogens is 1. The van der Waals surface area contributed by atoms with Gasteiger partial charge in [-0.15, -0.1) is 0 Å². The van der Waals surface area contributed by atoms with Gasteiger partial charge in [0.25, 0.3) is 5.91 Å². The Kier molecular flexibility index (Phi) is 4.86. The van der Waals surface area contributed by atoms with Gasteiger partial charge in [0.15, 0.2) is 0 Å². The monoisotopic (exact) mass is 302 g/mol. The summed E-state index contributed by atoms with van der Waals surface area (Å²) >= 11 is 6.04. The fraction of sp³-hybridized carbons (Fsp3) is 0.235. The molecule has 110 valence electrons. The van der Waals surface area contributed by atoms with Crippen molar-refractivity contribution in [3.05, 3.63) is 63.7 Å². The zero-order valence-electron chi connectivity index (χ0n) is 12.5. The lowest BCUT2D eigenvalue weighted by Gasteiger charge is -2.12. The van der Waals surface area contributed by atoms with Crippen LogP contribution >= 0.6 is 11.6 Å². The molecule has 0 aliphatic carbocycles. The molecule has 0 aromatic heterocycles. The summed E-state index contributed by atoms with van der Waals surface area (Å²) in [5.74, 6) is -0.185. The standard InChI is InChI=1S/C17H19ClN2O/c1-11-5-4-6-13(12(11)2)10-20-14-7-8-16(18)15(9-14)17(21)19-3/h4-9,20H,10H2,1-3H3,(H,19,21). The molecule has 0 heterocycles. The number of anilines is 1. The van der Waals surface area contributed by atoms with Gasteiger partial charge in [0.05, 0.1) is 10.6 Å². The van der Waals surface area contributed by atoms with E-state index in [1.807, 2.05) is 6.07 Å². The Morgan fingerprint density at radius 3 is 2.67 bits per heavy atom. The lowest BCUT2D eigenvalue weighted by molar-refractivity contribution is 0.0963. The van der Waals surface area contributed by atoms with Crippen LogP contribution in [0.15, 0.2) is 36.4 Å². The average molecular weight is 303 g/mol. The molecule has 0 saturated carbocycles.